The van der Waals surface area contributed by atoms with Gasteiger partial charge in [-0.3, -0.25) is 4.79 Å². The zero-order valence-corrected chi connectivity index (χ0v) is 15.6. The molecule has 0 aliphatic heterocycles. The minimum Gasteiger partial charge on any atom is -0.497 e. The SMILES string of the molecule is COc1cc(OC)cc(C(=O)NCCc2nc(-c3ccccc3)oc2C)c1. The van der Waals surface area contributed by atoms with E-state index in [1.54, 1.807) is 32.4 Å². The molecule has 0 saturated heterocycles. The van der Waals surface area contributed by atoms with E-state index in [0.717, 1.165) is 17.0 Å². The average molecular weight is 366 g/mol. The number of rotatable bonds is 7. The lowest BCUT2D eigenvalue weighted by atomic mass is 10.2. The summed E-state index contributed by atoms with van der Waals surface area (Å²) in [6, 6.07) is 14.8. The predicted octanol–water partition coefficient (Wildman–Crippen LogP) is 3.64. The van der Waals surface area contributed by atoms with Gasteiger partial charge >= 0.3 is 0 Å². The van der Waals surface area contributed by atoms with Crippen LogP contribution in [0.4, 0.5) is 0 Å². The van der Waals surface area contributed by atoms with Crippen LogP contribution in [0.2, 0.25) is 0 Å². The van der Waals surface area contributed by atoms with Crippen molar-refractivity contribution in [2.45, 2.75) is 13.3 Å². The topological polar surface area (TPSA) is 73.6 Å². The van der Waals surface area contributed by atoms with E-state index in [1.807, 2.05) is 37.3 Å². The quantitative estimate of drug-likeness (QED) is 0.691. The van der Waals surface area contributed by atoms with Gasteiger partial charge in [-0.2, -0.15) is 0 Å². The molecule has 3 aromatic rings. The lowest BCUT2D eigenvalue weighted by Crippen LogP contribution is -2.26. The van der Waals surface area contributed by atoms with Crippen molar-refractivity contribution in [2.24, 2.45) is 0 Å². The highest BCUT2D eigenvalue weighted by Gasteiger charge is 2.13. The van der Waals surface area contributed by atoms with Crippen molar-refractivity contribution in [1.82, 2.24) is 10.3 Å². The average Bonchev–Trinajstić information content (AvgIpc) is 3.08. The minimum absolute atomic E-state index is 0.198. The van der Waals surface area contributed by atoms with Gasteiger partial charge in [0.2, 0.25) is 5.89 Å². The number of aryl methyl sites for hydroxylation is 1. The molecule has 0 spiro atoms. The van der Waals surface area contributed by atoms with Crippen LogP contribution >= 0.6 is 0 Å². The van der Waals surface area contributed by atoms with Gasteiger partial charge in [0.25, 0.3) is 5.91 Å². The van der Waals surface area contributed by atoms with E-state index in [4.69, 9.17) is 13.9 Å². The van der Waals surface area contributed by atoms with Crippen LogP contribution < -0.4 is 14.8 Å². The first-order valence-electron chi connectivity index (χ1n) is 8.63. The molecule has 27 heavy (non-hydrogen) atoms. The molecule has 2 aromatic carbocycles. The Hall–Kier alpha value is -3.28. The van der Waals surface area contributed by atoms with Crippen LogP contribution in [0, 0.1) is 6.92 Å². The predicted molar refractivity (Wildman–Crippen MR) is 102 cm³/mol. The second kappa shape index (κ2) is 8.40. The Balaban J connectivity index is 1.63. The number of nitrogens with zero attached hydrogens (tertiary/aromatic N) is 1. The van der Waals surface area contributed by atoms with Gasteiger partial charge in [-0.05, 0) is 31.2 Å². The van der Waals surface area contributed by atoms with Crippen LogP contribution in [0.5, 0.6) is 11.5 Å². The molecule has 0 bridgehead atoms. The third kappa shape index (κ3) is 4.47. The highest BCUT2D eigenvalue weighted by Crippen LogP contribution is 2.23. The summed E-state index contributed by atoms with van der Waals surface area (Å²) < 4.78 is 16.1. The van der Waals surface area contributed by atoms with Crippen molar-refractivity contribution in [2.75, 3.05) is 20.8 Å². The molecule has 1 amide bonds. The fourth-order valence-electron chi connectivity index (χ4n) is 2.70. The Kier molecular flexibility index (Phi) is 5.76. The number of oxazole rings is 1. The fraction of sp³-hybridized carbons (Fsp3) is 0.238. The van der Waals surface area contributed by atoms with Crippen LogP contribution in [0.15, 0.2) is 52.9 Å². The number of carbonyl (C=O) groups excluding carboxylic acids is 1. The van der Waals surface area contributed by atoms with Gasteiger partial charge < -0.3 is 19.2 Å². The summed E-state index contributed by atoms with van der Waals surface area (Å²) in [5, 5.41) is 2.89. The molecule has 6 nitrogen and oxygen atoms in total. The molecule has 0 aliphatic rings. The Morgan fingerprint density at radius 2 is 1.74 bits per heavy atom. The van der Waals surface area contributed by atoms with Crippen molar-refractivity contribution in [1.29, 1.82) is 0 Å². The molecule has 3 rings (SSSR count). The first-order valence-corrected chi connectivity index (χ1v) is 8.63. The van der Waals surface area contributed by atoms with Gasteiger partial charge in [0.15, 0.2) is 0 Å². The molecule has 0 fully saturated rings. The van der Waals surface area contributed by atoms with Crippen molar-refractivity contribution in [3.63, 3.8) is 0 Å². The first kappa shape index (κ1) is 18.5. The van der Waals surface area contributed by atoms with E-state index in [2.05, 4.69) is 10.3 Å². The van der Waals surface area contributed by atoms with E-state index < -0.39 is 0 Å². The van der Waals surface area contributed by atoms with Gasteiger partial charge in [-0.1, -0.05) is 18.2 Å². The summed E-state index contributed by atoms with van der Waals surface area (Å²) in [5.74, 6) is 2.29. The third-order valence-corrected chi connectivity index (χ3v) is 4.17. The molecule has 1 heterocycles. The minimum atomic E-state index is -0.198. The fourth-order valence-corrected chi connectivity index (χ4v) is 2.70. The number of hydrogen-bond acceptors (Lipinski definition) is 5. The lowest BCUT2D eigenvalue weighted by molar-refractivity contribution is 0.0953. The number of amides is 1. The van der Waals surface area contributed by atoms with Crippen molar-refractivity contribution in [3.8, 4) is 23.0 Å². The van der Waals surface area contributed by atoms with E-state index >= 15 is 0 Å². The van der Waals surface area contributed by atoms with Crippen molar-refractivity contribution >= 4 is 5.91 Å². The molecule has 1 aromatic heterocycles. The summed E-state index contributed by atoms with van der Waals surface area (Å²) in [5.41, 5.74) is 2.24. The molecule has 0 unspecified atom stereocenters. The number of aromatic nitrogens is 1. The van der Waals surface area contributed by atoms with E-state index in [0.29, 0.717) is 35.9 Å². The number of benzene rings is 2. The monoisotopic (exact) mass is 366 g/mol. The zero-order valence-electron chi connectivity index (χ0n) is 15.6. The van der Waals surface area contributed by atoms with Gasteiger partial charge in [-0.25, -0.2) is 4.98 Å². The van der Waals surface area contributed by atoms with Gasteiger partial charge in [-0.15, -0.1) is 0 Å². The van der Waals surface area contributed by atoms with Crippen molar-refractivity contribution < 1.29 is 18.7 Å². The molecule has 0 aliphatic carbocycles. The molecule has 140 valence electrons. The molecular weight excluding hydrogens is 344 g/mol. The second-order valence-electron chi connectivity index (χ2n) is 6.00. The highest BCUT2D eigenvalue weighted by atomic mass is 16.5. The number of hydrogen-bond donors (Lipinski definition) is 1. The summed E-state index contributed by atoms with van der Waals surface area (Å²) in [6.45, 7) is 2.32. The van der Waals surface area contributed by atoms with Gasteiger partial charge in [0, 0.05) is 30.2 Å². The maximum atomic E-state index is 12.4. The number of methoxy groups -OCH3 is 2. The van der Waals surface area contributed by atoms with E-state index in [1.165, 1.54) is 0 Å². The van der Waals surface area contributed by atoms with Crippen LogP contribution in [0.3, 0.4) is 0 Å². The molecule has 0 atom stereocenters. The summed E-state index contributed by atoms with van der Waals surface area (Å²) >= 11 is 0. The Bertz CT molecular complexity index is 897. The third-order valence-electron chi connectivity index (χ3n) is 4.17. The maximum absolute atomic E-state index is 12.4. The standard InChI is InChI=1S/C21H22N2O4/c1-14-19(23-21(27-14)15-7-5-4-6-8-15)9-10-22-20(24)16-11-17(25-2)13-18(12-16)26-3/h4-8,11-13H,9-10H2,1-3H3,(H,22,24). The summed E-state index contributed by atoms with van der Waals surface area (Å²) in [4.78, 5) is 17.0. The molecule has 6 heteroatoms. The molecule has 1 N–H and O–H groups in total. The Morgan fingerprint density at radius 1 is 1.07 bits per heavy atom. The normalized spacial score (nSPS) is 10.5. The summed E-state index contributed by atoms with van der Waals surface area (Å²) in [6.07, 6.45) is 0.578. The smallest absolute Gasteiger partial charge is 0.251 e. The number of nitrogens with one attached hydrogen (secondary N) is 1. The highest BCUT2D eigenvalue weighted by molar-refractivity contribution is 5.95. The summed E-state index contributed by atoms with van der Waals surface area (Å²) in [7, 11) is 3.10. The number of carbonyl (C=O) groups is 1. The second-order valence-corrected chi connectivity index (χ2v) is 6.00. The molecule has 0 saturated carbocycles. The van der Waals surface area contributed by atoms with E-state index in [9.17, 15) is 4.79 Å². The first-order chi connectivity index (χ1) is 13.1. The maximum Gasteiger partial charge on any atom is 0.251 e. The molecular formula is C21H22N2O4. The Morgan fingerprint density at radius 3 is 2.37 bits per heavy atom. The van der Waals surface area contributed by atoms with Crippen molar-refractivity contribution in [3.05, 3.63) is 65.5 Å². The van der Waals surface area contributed by atoms with Crippen LogP contribution in [-0.4, -0.2) is 31.7 Å². The lowest BCUT2D eigenvalue weighted by Gasteiger charge is -2.09. The van der Waals surface area contributed by atoms with Crippen LogP contribution in [-0.2, 0) is 6.42 Å². The van der Waals surface area contributed by atoms with E-state index in [-0.39, 0.29) is 5.91 Å². The van der Waals surface area contributed by atoms with Gasteiger partial charge in [0.1, 0.15) is 17.3 Å². The largest absolute Gasteiger partial charge is 0.497 e. The van der Waals surface area contributed by atoms with Crippen LogP contribution in [0.1, 0.15) is 21.8 Å². The zero-order chi connectivity index (χ0) is 19.2. The van der Waals surface area contributed by atoms with Gasteiger partial charge in [0.05, 0.1) is 19.9 Å². The van der Waals surface area contributed by atoms with Crippen LogP contribution in [0.25, 0.3) is 11.5 Å². The Labute approximate surface area is 158 Å². The molecule has 0 radical (unpaired) electrons. The number of ether oxygens (including phenoxy) is 2.